The Morgan fingerprint density at radius 1 is 0.968 bits per heavy atom. The second kappa shape index (κ2) is 8.04. The standard InChI is InChI=1S/C24H28N2O4S/c27-23(19-8-6-14-26(17-19)31(28,29)21-9-2-1-3-10-21)25-15-12-24(13-16-25)22-11-5-4-7-20(22)18-30-24/h1-5,7,9-11,19H,6,8,12-18H2. The third kappa shape index (κ3) is 3.69. The first-order chi connectivity index (χ1) is 15.0. The monoisotopic (exact) mass is 440 g/mol. The van der Waals surface area contributed by atoms with Crippen molar-refractivity contribution >= 4 is 15.9 Å². The van der Waals surface area contributed by atoms with E-state index in [2.05, 4.69) is 18.2 Å². The number of rotatable bonds is 3. The summed E-state index contributed by atoms with van der Waals surface area (Å²) in [4.78, 5) is 15.5. The maximum atomic E-state index is 13.3. The number of piperidine rings is 2. The van der Waals surface area contributed by atoms with E-state index in [1.165, 1.54) is 15.4 Å². The molecule has 2 aromatic rings. The third-order valence-corrected chi connectivity index (χ3v) is 8.89. The number of carbonyl (C=O) groups excluding carboxylic acids is 1. The average Bonchev–Trinajstić information content (AvgIpc) is 3.18. The highest BCUT2D eigenvalue weighted by Crippen LogP contribution is 2.44. The first-order valence-electron chi connectivity index (χ1n) is 11.1. The molecule has 0 aliphatic carbocycles. The molecule has 0 N–H and O–H groups in total. The number of likely N-dealkylation sites (tertiary alicyclic amines) is 1. The molecule has 31 heavy (non-hydrogen) atoms. The number of hydrogen-bond donors (Lipinski definition) is 0. The van der Waals surface area contributed by atoms with Gasteiger partial charge in [0.1, 0.15) is 0 Å². The molecule has 5 rings (SSSR count). The van der Waals surface area contributed by atoms with Crippen LogP contribution >= 0.6 is 0 Å². The fraction of sp³-hybridized carbons (Fsp3) is 0.458. The number of carbonyl (C=O) groups is 1. The molecule has 7 heteroatoms. The van der Waals surface area contributed by atoms with Crippen molar-refractivity contribution in [3.63, 3.8) is 0 Å². The Labute approximate surface area is 183 Å². The summed E-state index contributed by atoms with van der Waals surface area (Å²) in [5.74, 6) is -0.202. The Balaban J connectivity index is 1.25. The number of nitrogens with zero attached hydrogens (tertiary/aromatic N) is 2. The molecule has 0 aromatic heterocycles. The number of benzene rings is 2. The Bertz CT molecular complexity index is 1060. The molecule has 3 aliphatic heterocycles. The van der Waals surface area contributed by atoms with Crippen molar-refractivity contribution < 1.29 is 17.9 Å². The molecular formula is C24H28N2O4S. The molecule has 2 fully saturated rings. The van der Waals surface area contributed by atoms with Crippen molar-refractivity contribution in [3.8, 4) is 0 Å². The van der Waals surface area contributed by atoms with Crippen molar-refractivity contribution in [2.24, 2.45) is 5.92 Å². The summed E-state index contributed by atoms with van der Waals surface area (Å²) < 4.78 is 33.7. The second-order valence-electron chi connectivity index (χ2n) is 8.78. The van der Waals surface area contributed by atoms with Gasteiger partial charge in [0.15, 0.2) is 0 Å². The van der Waals surface area contributed by atoms with Gasteiger partial charge in [-0.2, -0.15) is 4.31 Å². The van der Waals surface area contributed by atoms with Gasteiger partial charge in [0.05, 0.1) is 23.0 Å². The van der Waals surface area contributed by atoms with E-state index in [9.17, 15) is 13.2 Å². The summed E-state index contributed by atoms with van der Waals surface area (Å²) in [5, 5.41) is 0. The molecular weight excluding hydrogens is 412 g/mol. The zero-order valence-corrected chi connectivity index (χ0v) is 18.4. The average molecular weight is 441 g/mol. The van der Waals surface area contributed by atoms with E-state index >= 15 is 0 Å². The van der Waals surface area contributed by atoms with E-state index in [0.29, 0.717) is 37.6 Å². The van der Waals surface area contributed by atoms with Crippen LogP contribution in [-0.2, 0) is 31.8 Å². The fourth-order valence-corrected chi connectivity index (χ4v) is 6.79. The van der Waals surface area contributed by atoms with E-state index in [1.807, 2.05) is 11.0 Å². The zero-order valence-electron chi connectivity index (χ0n) is 17.6. The van der Waals surface area contributed by atoms with E-state index in [1.54, 1.807) is 30.3 Å². The zero-order chi connectivity index (χ0) is 21.5. The van der Waals surface area contributed by atoms with Gasteiger partial charge < -0.3 is 9.64 Å². The van der Waals surface area contributed by atoms with Crippen LogP contribution in [0.4, 0.5) is 0 Å². The van der Waals surface area contributed by atoms with Crippen LogP contribution in [0.2, 0.25) is 0 Å². The Morgan fingerprint density at radius 2 is 1.68 bits per heavy atom. The third-order valence-electron chi connectivity index (χ3n) is 7.01. The molecule has 1 amide bonds. The summed E-state index contributed by atoms with van der Waals surface area (Å²) in [6.45, 7) is 2.66. The second-order valence-corrected chi connectivity index (χ2v) is 10.7. The van der Waals surface area contributed by atoms with Crippen LogP contribution in [0.25, 0.3) is 0 Å². The number of amides is 1. The highest BCUT2D eigenvalue weighted by Gasteiger charge is 2.44. The van der Waals surface area contributed by atoms with Gasteiger partial charge in [0.2, 0.25) is 15.9 Å². The lowest BCUT2D eigenvalue weighted by molar-refractivity contribution is -0.143. The Kier molecular flexibility index (Phi) is 5.36. The van der Waals surface area contributed by atoms with Gasteiger partial charge in [-0.3, -0.25) is 4.79 Å². The number of sulfonamides is 1. The molecule has 2 saturated heterocycles. The summed E-state index contributed by atoms with van der Waals surface area (Å²) in [6, 6.07) is 16.8. The van der Waals surface area contributed by atoms with Gasteiger partial charge >= 0.3 is 0 Å². The maximum Gasteiger partial charge on any atom is 0.243 e. The first-order valence-corrected chi connectivity index (χ1v) is 12.5. The van der Waals surface area contributed by atoms with Crippen molar-refractivity contribution in [2.45, 2.75) is 42.8 Å². The van der Waals surface area contributed by atoms with Crippen LogP contribution in [0.3, 0.4) is 0 Å². The number of fused-ring (bicyclic) bond motifs is 2. The van der Waals surface area contributed by atoms with E-state index in [-0.39, 0.29) is 24.0 Å². The summed E-state index contributed by atoms with van der Waals surface area (Å²) in [7, 11) is -3.57. The Morgan fingerprint density at radius 3 is 2.45 bits per heavy atom. The van der Waals surface area contributed by atoms with Crippen LogP contribution in [-0.4, -0.2) is 49.7 Å². The maximum absolute atomic E-state index is 13.3. The van der Waals surface area contributed by atoms with Crippen molar-refractivity contribution in [3.05, 3.63) is 65.7 Å². The van der Waals surface area contributed by atoms with Crippen LogP contribution < -0.4 is 0 Å². The highest BCUT2D eigenvalue weighted by atomic mass is 32.2. The lowest BCUT2D eigenvalue weighted by atomic mass is 9.83. The normalized spacial score (nSPS) is 23.6. The molecule has 1 spiro atoms. The van der Waals surface area contributed by atoms with Crippen LogP contribution in [0.5, 0.6) is 0 Å². The molecule has 3 heterocycles. The van der Waals surface area contributed by atoms with Gasteiger partial charge in [0, 0.05) is 26.2 Å². The Hall–Kier alpha value is -2.22. The van der Waals surface area contributed by atoms with Crippen molar-refractivity contribution in [1.82, 2.24) is 9.21 Å². The molecule has 6 nitrogen and oxygen atoms in total. The molecule has 164 valence electrons. The summed E-state index contributed by atoms with van der Waals surface area (Å²) >= 11 is 0. The topological polar surface area (TPSA) is 66.9 Å². The minimum Gasteiger partial charge on any atom is -0.365 e. The van der Waals surface area contributed by atoms with Crippen LogP contribution in [0.1, 0.15) is 36.8 Å². The smallest absolute Gasteiger partial charge is 0.243 e. The lowest BCUT2D eigenvalue weighted by Gasteiger charge is -2.41. The van der Waals surface area contributed by atoms with Gasteiger partial charge in [-0.15, -0.1) is 0 Å². The largest absolute Gasteiger partial charge is 0.365 e. The molecule has 1 unspecified atom stereocenters. The highest BCUT2D eigenvalue weighted by molar-refractivity contribution is 7.89. The van der Waals surface area contributed by atoms with Gasteiger partial charge in [-0.25, -0.2) is 8.42 Å². The number of ether oxygens (including phenoxy) is 1. The van der Waals surface area contributed by atoms with Crippen LogP contribution in [0, 0.1) is 5.92 Å². The van der Waals surface area contributed by atoms with Crippen molar-refractivity contribution in [2.75, 3.05) is 26.2 Å². The van der Waals surface area contributed by atoms with Gasteiger partial charge in [-0.1, -0.05) is 42.5 Å². The SMILES string of the molecule is O=C(C1CCCN(S(=O)(=O)c2ccccc2)C1)N1CCC2(CC1)OCc1ccccc12. The first kappa shape index (κ1) is 20.7. The van der Waals surface area contributed by atoms with E-state index in [0.717, 1.165) is 19.3 Å². The minimum absolute atomic E-state index is 0.0779. The van der Waals surface area contributed by atoms with Gasteiger partial charge in [-0.05, 0) is 48.9 Å². The lowest BCUT2D eigenvalue weighted by Crippen LogP contribution is -2.50. The quantitative estimate of drug-likeness (QED) is 0.736. The molecule has 0 saturated carbocycles. The van der Waals surface area contributed by atoms with E-state index < -0.39 is 10.0 Å². The van der Waals surface area contributed by atoms with E-state index in [4.69, 9.17) is 4.74 Å². The predicted octanol–water partition coefficient (Wildman–Crippen LogP) is 3.14. The summed E-state index contributed by atoms with van der Waals surface area (Å²) in [5.41, 5.74) is 2.24. The molecule has 0 radical (unpaired) electrons. The molecule has 0 bridgehead atoms. The number of hydrogen-bond acceptors (Lipinski definition) is 4. The molecule has 2 aromatic carbocycles. The van der Waals surface area contributed by atoms with Gasteiger partial charge in [0.25, 0.3) is 0 Å². The molecule has 3 aliphatic rings. The fourth-order valence-electron chi connectivity index (χ4n) is 5.25. The van der Waals surface area contributed by atoms with Crippen molar-refractivity contribution in [1.29, 1.82) is 0 Å². The van der Waals surface area contributed by atoms with Crippen LogP contribution in [0.15, 0.2) is 59.5 Å². The predicted molar refractivity (Wildman–Crippen MR) is 117 cm³/mol. The minimum atomic E-state index is -3.57. The molecule has 1 atom stereocenters. The summed E-state index contributed by atoms with van der Waals surface area (Å²) in [6.07, 6.45) is 3.01.